The van der Waals surface area contributed by atoms with E-state index >= 15 is 0 Å². The number of ether oxygens (including phenoxy) is 1. The molecule has 0 saturated carbocycles. The normalized spacial score (nSPS) is 10.5. The summed E-state index contributed by atoms with van der Waals surface area (Å²) in [7, 11) is 1.88. The van der Waals surface area contributed by atoms with Crippen LogP contribution in [0.15, 0.2) is 18.2 Å². The fourth-order valence-electron chi connectivity index (χ4n) is 1.78. The molecule has 0 saturated heterocycles. The van der Waals surface area contributed by atoms with Crippen LogP contribution < -0.4 is 20.7 Å². The number of anilines is 2. The van der Waals surface area contributed by atoms with Gasteiger partial charge in [0.2, 0.25) is 5.91 Å². The van der Waals surface area contributed by atoms with Crippen molar-refractivity contribution >= 4 is 17.3 Å². The number of likely N-dealkylation sites (N-methyl/N-ethyl adjacent to an activating group) is 1. The van der Waals surface area contributed by atoms with E-state index in [1.807, 2.05) is 37.1 Å². The average Bonchev–Trinajstić information content (AvgIpc) is 2.44. The first kappa shape index (κ1) is 17.1. The SMILES string of the molecule is CCCOc1cc(N(C)CC(=O)NCC(C)C)ccc1N. The molecule has 5 heteroatoms. The maximum absolute atomic E-state index is 11.8. The highest BCUT2D eigenvalue weighted by atomic mass is 16.5. The minimum Gasteiger partial charge on any atom is -0.491 e. The molecule has 118 valence electrons. The van der Waals surface area contributed by atoms with Crippen LogP contribution in [0.4, 0.5) is 11.4 Å². The molecule has 0 aliphatic carbocycles. The van der Waals surface area contributed by atoms with Crippen LogP contribution in [-0.2, 0) is 4.79 Å². The molecule has 0 aliphatic heterocycles. The Balaban J connectivity index is 2.64. The molecule has 0 heterocycles. The van der Waals surface area contributed by atoms with E-state index in [4.69, 9.17) is 10.5 Å². The first-order valence-electron chi connectivity index (χ1n) is 7.44. The minimum atomic E-state index is 0.0130. The summed E-state index contributed by atoms with van der Waals surface area (Å²) in [6.45, 7) is 7.82. The Bertz CT molecular complexity index is 461. The molecule has 0 unspecified atom stereocenters. The first-order chi connectivity index (χ1) is 9.93. The van der Waals surface area contributed by atoms with Gasteiger partial charge in [0.25, 0.3) is 0 Å². The number of carbonyl (C=O) groups is 1. The van der Waals surface area contributed by atoms with Crippen molar-refractivity contribution in [2.75, 3.05) is 37.4 Å². The number of hydrogen-bond acceptors (Lipinski definition) is 4. The van der Waals surface area contributed by atoms with Gasteiger partial charge in [-0.25, -0.2) is 0 Å². The van der Waals surface area contributed by atoms with Crippen molar-refractivity contribution < 1.29 is 9.53 Å². The van der Waals surface area contributed by atoms with E-state index in [1.54, 1.807) is 0 Å². The van der Waals surface area contributed by atoms with E-state index in [2.05, 4.69) is 19.2 Å². The number of amides is 1. The molecular formula is C16H27N3O2. The molecule has 0 spiro atoms. The van der Waals surface area contributed by atoms with Crippen LogP contribution in [0.5, 0.6) is 5.75 Å². The van der Waals surface area contributed by atoms with Crippen molar-refractivity contribution in [3.63, 3.8) is 0 Å². The summed E-state index contributed by atoms with van der Waals surface area (Å²) >= 11 is 0. The van der Waals surface area contributed by atoms with Crippen molar-refractivity contribution in [2.24, 2.45) is 5.92 Å². The molecule has 1 amide bonds. The predicted octanol–water partition coefficient (Wildman–Crippen LogP) is 2.27. The van der Waals surface area contributed by atoms with Crippen LogP contribution in [-0.4, -0.2) is 32.7 Å². The van der Waals surface area contributed by atoms with Gasteiger partial charge in [-0.2, -0.15) is 0 Å². The van der Waals surface area contributed by atoms with Crippen molar-refractivity contribution in [1.29, 1.82) is 0 Å². The molecule has 21 heavy (non-hydrogen) atoms. The third kappa shape index (κ3) is 5.94. The molecule has 0 fully saturated rings. The standard InChI is InChI=1S/C16H27N3O2/c1-5-8-21-15-9-13(6-7-14(15)17)19(4)11-16(20)18-10-12(2)3/h6-7,9,12H,5,8,10-11,17H2,1-4H3,(H,18,20). The number of nitrogens with zero attached hydrogens (tertiary/aromatic N) is 1. The van der Waals surface area contributed by atoms with E-state index in [9.17, 15) is 4.79 Å². The zero-order valence-electron chi connectivity index (χ0n) is 13.5. The van der Waals surface area contributed by atoms with Gasteiger partial charge in [-0.15, -0.1) is 0 Å². The fraction of sp³-hybridized carbons (Fsp3) is 0.562. The molecule has 1 rings (SSSR count). The molecule has 0 radical (unpaired) electrons. The van der Waals surface area contributed by atoms with E-state index in [0.717, 1.165) is 12.1 Å². The Morgan fingerprint density at radius 3 is 2.76 bits per heavy atom. The van der Waals surface area contributed by atoms with Crippen LogP contribution in [0.25, 0.3) is 0 Å². The molecule has 0 atom stereocenters. The number of nitrogens with one attached hydrogen (secondary N) is 1. The van der Waals surface area contributed by atoms with Crippen molar-refractivity contribution in [1.82, 2.24) is 5.32 Å². The molecular weight excluding hydrogens is 266 g/mol. The lowest BCUT2D eigenvalue weighted by molar-refractivity contribution is -0.119. The topological polar surface area (TPSA) is 67.6 Å². The zero-order valence-corrected chi connectivity index (χ0v) is 13.5. The van der Waals surface area contributed by atoms with Gasteiger partial charge in [0.05, 0.1) is 18.8 Å². The minimum absolute atomic E-state index is 0.0130. The van der Waals surface area contributed by atoms with Crippen LogP contribution in [0, 0.1) is 5.92 Å². The highest BCUT2D eigenvalue weighted by molar-refractivity contribution is 5.81. The molecule has 3 N–H and O–H groups in total. The molecule has 5 nitrogen and oxygen atoms in total. The second kappa shape index (κ2) is 8.39. The summed E-state index contributed by atoms with van der Waals surface area (Å²) in [6.07, 6.45) is 0.928. The molecule has 0 aromatic heterocycles. The van der Waals surface area contributed by atoms with Crippen LogP contribution in [0.3, 0.4) is 0 Å². The van der Waals surface area contributed by atoms with Crippen LogP contribution >= 0.6 is 0 Å². The summed E-state index contributed by atoms with van der Waals surface area (Å²) in [5, 5.41) is 2.91. The maximum atomic E-state index is 11.8. The molecule has 1 aromatic carbocycles. The van der Waals surface area contributed by atoms with E-state index < -0.39 is 0 Å². The number of benzene rings is 1. The van der Waals surface area contributed by atoms with Gasteiger partial charge in [-0.1, -0.05) is 20.8 Å². The first-order valence-corrected chi connectivity index (χ1v) is 7.44. The Morgan fingerprint density at radius 1 is 1.43 bits per heavy atom. The van der Waals surface area contributed by atoms with Gasteiger partial charge < -0.3 is 20.7 Å². The lowest BCUT2D eigenvalue weighted by Gasteiger charge is -2.20. The molecule has 1 aromatic rings. The van der Waals surface area contributed by atoms with Crippen LogP contribution in [0.1, 0.15) is 27.2 Å². The Labute approximate surface area is 127 Å². The average molecular weight is 293 g/mol. The fourth-order valence-corrected chi connectivity index (χ4v) is 1.78. The van der Waals surface area contributed by atoms with Crippen LogP contribution in [0.2, 0.25) is 0 Å². The monoisotopic (exact) mass is 293 g/mol. The smallest absolute Gasteiger partial charge is 0.239 e. The van der Waals surface area contributed by atoms with Gasteiger partial charge >= 0.3 is 0 Å². The second-order valence-electron chi connectivity index (χ2n) is 5.62. The van der Waals surface area contributed by atoms with Crippen molar-refractivity contribution in [3.8, 4) is 5.75 Å². The quantitative estimate of drug-likeness (QED) is 0.722. The van der Waals surface area contributed by atoms with Gasteiger partial charge in [0, 0.05) is 25.3 Å². The highest BCUT2D eigenvalue weighted by Gasteiger charge is 2.10. The third-order valence-electron chi connectivity index (χ3n) is 2.99. The Hall–Kier alpha value is -1.91. The number of nitrogen functional groups attached to an aromatic ring is 1. The number of hydrogen-bond donors (Lipinski definition) is 2. The summed E-state index contributed by atoms with van der Waals surface area (Å²) < 4.78 is 5.61. The van der Waals surface area contributed by atoms with E-state index in [1.165, 1.54) is 0 Å². The lowest BCUT2D eigenvalue weighted by atomic mass is 10.2. The third-order valence-corrected chi connectivity index (χ3v) is 2.99. The summed E-state index contributed by atoms with van der Waals surface area (Å²) in [4.78, 5) is 13.7. The zero-order chi connectivity index (χ0) is 15.8. The Kier molecular flexibility index (Phi) is 6.85. The van der Waals surface area contributed by atoms with Gasteiger partial charge in [0.15, 0.2) is 0 Å². The Morgan fingerprint density at radius 2 is 2.14 bits per heavy atom. The highest BCUT2D eigenvalue weighted by Crippen LogP contribution is 2.27. The summed E-state index contributed by atoms with van der Waals surface area (Å²) in [5.74, 6) is 1.13. The van der Waals surface area contributed by atoms with Gasteiger partial charge in [-0.05, 0) is 24.5 Å². The second-order valence-corrected chi connectivity index (χ2v) is 5.62. The van der Waals surface area contributed by atoms with E-state index in [0.29, 0.717) is 37.1 Å². The lowest BCUT2D eigenvalue weighted by Crippen LogP contribution is -2.36. The number of rotatable bonds is 8. The van der Waals surface area contributed by atoms with Crippen molar-refractivity contribution in [3.05, 3.63) is 18.2 Å². The maximum Gasteiger partial charge on any atom is 0.239 e. The van der Waals surface area contributed by atoms with Gasteiger partial charge in [-0.3, -0.25) is 4.79 Å². The number of carbonyl (C=O) groups excluding carboxylic acids is 1. The molecule has 0 aliphatic rings. The predicted molar refractivity (Wildman–Crippen MR) is 87.8 cm³/mol. The number of nitrogens with two attached hydrogens (primary N) is 1. The van der Waals surface area contributed by atoms with Crippen molar-refractivity contribution in [2.45, 2.75) is 27.2 Å². The summed E-state index contributed by atoms with van der Waals surface area (Å²) in [5.41, 5.74) is 7.42. The summed E-state index contributed by atoms with van der Waals surface area (Å²) in [6, 6.07) is 5.58. The van der Waals surface area contributed by atoms with E-state index in [-0.39, 0.29) is 5.91 Å². The van der Waals surface area contributed by atoms with Gasteiger partial charge in [0.1, 0.15) is 5.75 Å². The molecule has 0 bridgehead atoms. The largest absolute Gasteiger partial charge is 0.491 e.